The minimum Gasteiger partial charge on any atom is -0.357 e. The van der Waals surface area contributed by atoms with E-state index in [0.29, 0.717) is 24.4 Å². The third-order valence-electron chi connectivity index (χ3n) is 3.32. The van der Waals surface area contributed by atoms with Crippen LogP contribution < -0.4 is 20.4 Å². The lowest BCUT2D eigenvalue weighted by atomic mass is 10.4. The molecule has 1 aromatic rings. The second kappa shape index (κ2) is 7.05. The molecule has 0 aliphatic carbocycles. The first kappa shape index (κ1) is 15.3. The third-order valence-corrected chi connectivity index (χ3v) is 3.32. The summed E-state index contributed by atoms with van der Waals surface area (Å²) >= 11 is 0. The van der Waals surface area contributed by atoms with Crippen LogP contribution in [-0.4, -0.2) is 61.1 Å². The van der Waals surface area contributed by atoms with Gasteiger partial charge < -0.3 is 20.4 Å². The molecule has 8 nitrogen and oxygen atoms in total. The van der Waals surface area contributed by atoms with Gasteiger partial charge in [0, 0.05) is 33.7 Å². The summed E-state index contributed by atoms with van der Waals surface area (Å²) in [4.78, 5) is 28.8. The smallest absolute Gasteiger partial charge is 0.239 e. The normalized spacial score (nSPS) is 14.1. The Balaban J connectivity index is 2.17. The van der Waals surface area contributed by atoms with Crippen molar-refractivity contribution >= 4 is 23.8 Å². The average molecular weight is 293 g/mol. The van der Waals surface area contributed by atoms with Crippen LogP contribution in [0, 0.1) is 0 Å². The first-order valence-electron chi connectivity index (χ1n) is 7.30. The van der Waals surface area contributed by atoms with Crippen LogP contribution in [-0.2, 0) is 4.79 Å². The van der Waals surface area contributed by atoms with E-state index in [-0.39, 0.29) is 12.5 Å². The monoisotopic (exact) mass is 293 g/mol. The lowest BCUT2D eigenvalue weighted by molar-refractivity contribution is -0.119. The van der Waals surface area contributed by atoms with Crippen molar-refractivity contribution < 1.29 is 4.79 Å². The van der Waals surface area contributed by atoms with Gasteiger partial charge in [-0.25, -0.2) is 0 Å². The number of hydrogen-bond acceptors (Lipinski definition) is 7. The van der Waals surface area contributed by atoms with E-state index in [4.69, 9.17) is 0 Å². The zero-order valence-electron chi connectivity index (χ0n) is 12.9. The highest BCUT2D eigenvalue weighted by Gasteiger charge is 2.19. The van der Waals surface area contributed by atoms with Gasteiger partial charge in [0.25, 0.3) is 0 Å². The van der Waals surface area contributed by atoms with Gasteiger partial charge in [-0.2, -0.15) is 15.0 Å². The molecule has 0 atom stereocenters. The highest BCUT2D eigenvalue weighted by atomic mass is 16.2. The van der Waals surface area contributed by atoms with E-state index in [0.717, 1.165) is 25.9 Å². The molecule has 1 saturated heterocycles. The van der Waals surface area contributed by atoms with Gasteiger partial charge in [-0.05, 0) is 19.8 Å². The number of carbonyl (C=O) groups excluding carboxylic acids is 1. The first-order chi connectivity index (χ1) is 10.1. The van der Waals surface area contributed by atoms with Gasteiger partial charge in [0.05, 0.1) is 6.54 Å². The maximum absolute atomic E-state index is 11.7. The molecule has 0 spiro atoms. The molecule has 0 bridgehead atoms. The zero-order valence-corrected chi connectivity index (χ0v) is 12.9. The van der Waals surface area contributed by atoms with Crippen molar-refractivity contribution in [2.45, 2.75) is 19.8 Å². The summed E-state index contributed by atoms with van der Waals surface area (Å²) in [5, 5.41) is 5.72. The standard InChI is InChI=1S/C13H23N7O/c1-4-15-10(21)9-19(3)12-16-11(14-2)17-13(18-12)20-7-5-6-8-20/h4-9H2,1-3H3,(H,15,21)(H,14,16,17,18). The van der Waals surface area contributed by atoms with Gasteiger partial charge in [0.2, 0.25) is 23.8 Å². The first-order valence-corrected chi connectivity index (χ1v) is 7.30. The van der Waals surface area contributed by atoms with Crippen molar-refractivity contribution in [1.29, 1.82) is 0 Å². The Morgan fingerprint density at radius 3 is 2.62 bits per heavy atom. The molecule has 116 valence electrons. The summed E-state index contributed by atoms with van der Waals surface area (Å²) in [7, 11) is 3.58. The molecule has 1 aliphatic heterocycles. The fraction of sp³-hybridized carbons (Fsp3) is 0.692. The Morgan fingerprint density at radius 1 is 1.29 bits per heavy atom. The summed E-state index contributed by atoms with van der Waals surface area (Å²) in [6, 6.07) is 0. The van der Waals surface area contributed by atoms with Crippen molar-refractivity contribution in [1.82, 2.24) is 20.3 Å². The van der Waals surface area contributed by atoms with Gasteiger partial charge in [0.1, 0.15) is 0 Å². The van der Waals surface area contributed by atoms with E-state index >= 15 is 0 Å². The van der Waals surface area contributed by atoms with Gasteiger partial charge in [-0.1, -0.05) is 0 Å². The molecule has 2 rings (SSSR count). The topological polar surface area (TPSA) is 86.3 Å². The maximum Gasteiger partial charge on any atom is 0.239 e. The number of likely N-dealkylation sites (N-methyl/N-ethyl adjacent to an activating group) is 2. The molecule has 1 aromatic heterocycles. The van der Waals surface area contributed by atoms with Crippen LogP contribution in [0.5, 0.6) is 0 Å². The molecule has 2 heterocycles. The predicted molar refractivity (Wildman–Crippen MR) is 82.8 cm³/mol. The number of amides is 1. The lowest BCUT2D eigenvalue weighted by Crippen LogP contribution is -2.36. The Morgan fingerprint density at radius 2 is 2.00 bits per heavy atom. The number of rotatable bonds is 6. The minimum absolute atomic E-state index is 0.0471. The van der Waals surface area contributed by atoms with Gasteiger partial charge in [-0.3, -0.25) is 4.79 Å². The van der Waals surface area contributed by atoms with E-state index in [1.807, 2.05) is 6.92 Å². The van der Waals surface area contributed by atoms with E-state index in [9.17, 15) is 4.79 Å². The number of anilines is 3. The number of hydrogen-bond donors (Lipinski definition) is 2. The summed E-state index contributed by atoms with van der Waals surface area (Å²) in [6.45, 7) is 4.66. The second-order valence-electron chi connectivity index (χ2n) is 5.01. The molecule has 2 N–H and O–H groups in total. The van der Waals surface area contributed by atoms with Crippen molar-refractivity contribution in [2.75, 3.05) is 55.4 Å². The lowest BCUT2D eigenvalue weighted by Gasteiger charge is -2.20. The summed E-state index contributed by atoms with van der Waals surface area (Å²) in [5.41, 5.74) is 0. The van der Waals surface area contributed by atoms with Gasteiger partial charge in [-0.15, -0.1) is 0 Å². The molecule has 1 aliphatic rings. The SMILES string of the molecule is CCNC(=O)CN(C)c1nc(NC)nc(N2CCCC2)n1. The zero-order chi connectivity index (χ0) is 15.2. The molecular weight excluding hydrogens is 270 g/mol. The summed E-state index contributed by atoms with van der Waals surface area (Å²) < 4.78 is 0. The molecule has 0 aromatic carbocycles. The molecule has 21 heavy (non-hydrogen) atoms. The van der Waals surface area contributed by atoms with E-state index < -0.39 is 0 Å². The molecule has 0 radical (unpaired) electrons. The minimum atomic E-state index is -0.0471. The Bertz CT molecular complexity index is 487. The molecule has 8 heteroatoms. The quantitative estimate of drug-likeness (QED) is 0.768. The van der Waals surface area contributed by atoms with Crippen LogP contribution in [0.3, 0.4) is 0 Å². The fourth-order valence-electron chi connectivity index (χ4n) is 2.23. The van der Waals surface area contributed by atoms with Crippen LogP contribution in [0.25, 0.3) is 0 Å². The van der Waals surface area contributed by atoms with Crippen LogP contribution in [0.4, 0.5) is 17.8 Å². The van der Waals surface area contributed by atoms with Crippen molar-refractivity contribution in [3.8, 4) is 0 Å². The highest BCUT2D eigenvalue weighted by Crippen LogP contribution is 2.19. The predicted octanol–water partition coefficient (Wildman–Crippen LogP) is 0.0858. The van der Waals surface area contributed by atoms with Gasteiger partial charge >= 0.3 is 0 Å². The van der Waals surface area contributed by atoms with Gasteiger partial charge in [0.15, 0.2) is 0 Å². The van der Waals surface area contributed by atoms with Crippen LogP contribution in [0.2, 0.25) is 0 Å². The maximum atomic E-state index is 11.7. The Hall–Kier alpha value is -2.12. The summed E-state index contributed by atoms with van der Waals surface area (Å²) in [5.74, 6) is 1.64. The van der Waals surface area contributed by atoms with Crippen LogP contribution in [0.15, 0.2) is 0 Å². The molecule has 0 saturated carbocycles. The number of nitrogens with zero attached hydrogens (tertiary/aromatic N) is 5. The Labute approximate surface area is 125 Å². The van der Waals surface area contributed by atoms with E-state index in [1.165, 1.54) is 0 Å². The highest BCUT2D eigenvalue weighted by molar-refractivity contribution is 5.80. The average Bonchev–Trinajstić information content (AvgIpc) is 3.01. The van der Waals surface area contributed by atoms with E-state index in [1.54, 1.807) is 19.0 Å². The molecule has 0 unspecified atom stereocenters. The molecule has 1 amide bonds. The van der Waals surface area contributed by atoms with Crippen molar-refractivity contribution in [3.05, 3.63) is 0 Å². The second-order valence-corrected chi connectivity index (χ2v) is 5.01. The molecule has 1 fully saturated rings. The van der Waals surface area contributed by atoms with Crippen LogP contribution in [0.1, 0.15) is 19.8 Å². The van der Waals surface area contributed by atoms with E-state index in [2.05, 4.69) is 30.5 Å². The number of carbonyl (C=O) groups is 1. The largest absolute Gasteiger partial charge is 0.357 e. The molecular formula is C13H23N7O. The third kappa shape index (κ3) is 3.93. The van der Waals surface area contributed by atoms with Crippen LogP contribution >= 0.6 is 0 Å². The Kier molecular flexibility index (Phi) is 5.13. The van der Waals surface area contributed by atoms with Crippen molar-refractivity contribution in [2.24, 2.45) is 0 Å². The summed E-state index contributed by atoms with van der Waals surface area (Å²) in [6.07, 6.45) is 2.31. The number of nitrogens with one attached hydrogen (secondary N) is 2. The van der Waals surface area contributed by atoms with Crippen molar-refractivity contribution in [3.63, 3.8) is 0 Å². The fourth-order valence-corrected chi connectivity index (χ4v) is 2.23. The number of aromatic nitrogens is 3.